The van der Waals surface area contributed by atoms with Crippen molar-refractivity contribution in [2.75, 3.05) is 36.6 Å². The molecule has 0 aromatic carbocycles. The number of hydrazine groups is 1. The van der Waals surface area contributed by atoms with Gasteiger partial charge in [0.1, 0.15) is 24.0 Å². The lowest BCUT2D eigenvalue weighted by Crippen LogP contribution is -2.54. The summed E-state index contributed by atoms with van der Waals surface area (Å²) in [5.41, 5.74) is 3.36. The van der Waals surface area contributed by atoms with E-state index < -0.39 is 0 Å². The van der Waals surface area contributed by atoms with Gasteiger partial charge in [-0.2, -0.15) is 0 Å². The Morgan fingerprint density at radius 2 is 2.38 bits per heavy atom. The van der Waals surface area contributed by atoms with Crippen LogP contribution in [-0.2, 0) is 9.53 Å². The number of nitrogens with two attached hydrogens (primary N) is 1. The molecule has 1 aromatic rings. The molecule has 21 heavy (non-hydrogen) atoms. The highest BCUT2D eigenvalue weighted by molar-refractivity contribution is 5.85. The third kappa shape index (κ3) is 3.40. The lowest BCUT2D eigenvalue weighted by Gasteiger charge is -2.36. The molecule has 116 valence electrons. The van der Waals surface area contributed by atoms with Crippen LogP contribution in [0.2, 0.25) is 0 Å². The molecule has 0 aliphatic carbocycles. The molecule has 1 amide bonds. The summed E-state index contributed by atoms with van der Waals surface area (Å²) in [4.78, 5) is 22.6. The molecule has 1 saturated heterocycles. The van der Waals surface area contributed by atoms with Crippen molar-refractivity contribution in [1.29, 1.82) is 0 Å². The molecule has 1 aliphatic rings. The van der Waals surface area contributed by atoms with Gasteiger partial charge in [-0.05, 0) is 13.3 Å². The Bertz CT molecular complexity index is 496. The number of morpholine rings is 1. The predicted molar refractivity (Wildman–Crippen MR) is 79.8 cm³/mol. The third-order valence-electron chi connectivity index (χ3n) is 3.45. The third-order valence-corrected chi connectivity index (χ3v) is 3.45. The highest BCUT2D eigenvalue weighted by atomic mass is 16.5. The van der Waals surface area contributed by atoms with E-state index in [1.807, 2.05) is 18.7 Å². The average Bonchev–Trinajstić information content (AvgIpc) is 2.53. The fourth-order valence-electron chi connectivity index (χ4n) is 2.32. The summed E-state index contributed by atoms with van der Waals surface area (Å²) in [6.07, 6.45) is 2.33. The summed E-state index contributed by atoms with van der Waals surface area (Å²) in [6.45, 7) is 6.06. The number of nitrogens with one attached hydrogen (secondary N) is 2. The van der Waals surface area contributed by atoms with Crippen LogP contribution in [-0.4, -0.2) is 48.2 Å². The monoisotopic (exact) mass is 294 g/mol. The summed E-state index contributed by atoms with van der Waals surface area (Å²) in [7, 11) is 0. The number of nitrogen functional groups attached to an aromatic ring is 1. The van der Waals surface area contributed by atoms with Crippen molar-refractivity contribution in [3.8, 4) is 0 Å². The topological polar surface area (TPSA) is 105 Å². The van der Waals surface area contributed by atoms with Crippen molar-refractivity contribution in [1.82, 2.24) is 15.3 Å². The largest absolute Gasteiger partial charge is 0.377 e. The SMILES string of the molecule is CCCNC(=O)C1COCCN1c1ncnc(NN)c1C. The van der Waals surface area contributed by atoms with E-state index in [1.165, 1.54) is 6.33 Å². The van der Waals surface area contributed by atoms with E-state index in [-0.39, 0.29) is 11.9 Å². The fourth-order valence-corrected chi connectivity index (χ4v) is 2.32. The standard InChI is InChI=1S/C13H22N6O2/c1-3-4-15-13(20)10-7-21-6-5-19(10)12-9(2)11(18-14)16-8-17-12/h8,10H,3-7,14H2,1-2H3,(H,15,20)(H,16,17,18). The first-order valence-electron chi connectivity index (χ1n) is 7.09. The van der Waals surface area contributed by atoms with Gasteiger partial charge in [-0.25, -0.2) is 15.8 Å². The maximum absolute atomic E-state index is 12.3. The van der Waals surface area contributed by atoms with Crippen molar-refractivity contribution in [2.45, 2.75) is 26.3 Å². The zero-order chi connectivity index (χ0) is 15.2. The number of rotatable bonds is 5. The van der Waals surface area contributed by atoms with Gasteiger partial charge < -0.3 is 20.4 Å². The smallest absolute Gasteiger partial charge is 0.245 e. The van der Waals surface area contributed by atoms with Gasteiger partial charge in [0.05, 0.1) is 13.2 Å². The maximum atomic E-state index is 12.3. The summed E-state index contributed by atoms with van der Waals surface area (Å²) < 4.78 is 5.45. The second-order valence-corrected chi connectivity index (χ2v) is 4.89. The minimum absolute atomic E-state index is 0.0446. The van der Waals surface area contributed by atoms with E-state index in [1.54, 1.807) is 0 Å². The molecule has 0 spiro atoms. The van der Waals surface area contributed by atoms with Crippen LogP contribution in [0.5, 0.6) is 0 Å². The first-order chi connectivity index (χ1) is 10.2. The van der Waals surface area contributed by atoms with E-state index >= 15 is 0 Å². The summed E-state index contributed by atoms with van der Waals surface area (Å²) >= 11 is 0. The van der Waals surface area contributed by atoms with E-state index in [2.05, 4.69) is 20.7 Å². The van der Waals surface area contributed by atoms with Crippen molar-refractivity contribution < 1.29 is 9.53 Å². The zero-order valence-electron chi connectivity index (χ0n) is 12.4. The molecule has 4 N–H and O–H groups in total. The van der Waals surface area contributed by atoms with Gasteiger partial charge in [-0.15, -0.1) is 0 Å². The normalized spacial score (nSPS) is 18.4. The molecule has 1 fully saturated rings. The van der Waals surface area contributed by atoms with E-state index in [4.69, 9.17) is 10.6 Å². The molecule has 1 atom stereocenters. The van der Waals surface area contributed by atoms with Crippen LogP contribution < -0.4 is 21.5 Å². The molecular formula is C13H22N6O2. The number of carbonyl (C=O) groups is 1. The van der Waals surface area contributed by atoms with Crippen LogP contribution in [0.4, 0.5) is 11.6 Å². The number of ether oxygens (including phenoxy) is 1. The quantitative estimate of drug-likeness (QED) is 0.510. The second kappa shape index (κ2) is 7.19. The van der Waals surface area contributed by atoms with E-state index in [0.29, 0.717) is 37.9 Å². The van der Waals surface area contributed by atoms with Gasteiger partial charge in [0.25, 0.3) is 0 Å². The Hall–Kier alpha value is -1.93. The number of hydrogen-bond acceptors (Lipinski definition) is 7. The van der Waals surface area contributed by atoms with Gasteiger partial charge in [0.2, 0.25) is 5.91 Å². The molecule has 8 nitrogen and oxygen atoms in total. The highest BCUT2D eigenvalue weighted by Gasteiger charge is 2.31. The fraction of sp³-hybridized carbons (Fsp3) is 0.615. The van der Waals surface area contributed by atoms with Gasteiger partial charge in [-0.3, -0.25) is 4.79 Å². The van der Waals surface area contributed by atoms with E-state index in [9.17, 15) is 4.79 Å². The molecule has 0 radical (unpaired) electrons. The number of anilines is 2. The number of amides is 1. The highest BCUT2D eigenvalue weighted by Crippen LogP contribution is 2.24. The Balaban J connectivity index is 2.24. The van der Waals surface area contributed by atoms with Crippen molar-refractivity contribution in [3.63, 3.8) is 0 Å². The summed E-state index contributed by atoms with van der Waals surface area (Å²) in [5, 5.41) is 2.91. The zero-order valence-corrected chi connectivity index (χ0v) is 12.4. The first kappa shape index (κ1) is 15.5. The van der Waals surface area contributed by atoms with Crippen molar-refractivity contribution in [3.05, 3.63) is 11.9 Å². The number of aromatic nitrogens is 2. The molecule has 1 unspecified atom stereocenters. The van der Waals surface area contributed by atoms with Crippen LogP contribution in [0, 0.1) is 6.92 Å². The molecule has 0 saturated carbocycles. The molecular weight excluding hydrogens is 272 g/mol. The molecule has 1 aliphatic heterocycles. The minimum atomic E-state index is -0.385. The molecule has 8 heteroatoms. The lowest BCUT2D eigenvalue weighted by atomic mass is 10.1. The van der Waals surface area contributed by atoms with Crippen LogP contribution in [0.15, 0.2) is 6.33 Å². The molecule has 0 bridgehead atoms. The average molecular weight is 294 g/mol. The van der Waals surface area contributed by atoms with Gasteiger partial charge >= 0.3 is 0 Å². The van der Waals surface area contributed by atoms with Crippen molar-refractivity contribution >= 4 is 17.5 Å². The van der Waals surface area contributed by atoms with Crippen molar-refractivity contribution in [2.24, 2.45) is 5.84 Å². The Labute approximate surface area is 124 Å². The van der Waals surface area contributed by atoms with Gasteiger partial charge in [0, 0.05) is 18.7 Å². The van der Waals surface area contributed by atoms with Crippen LogP contribution in [0.25, 0.3) is 0 Å². The molecule has 2 rings (SSSR count). The maximum Gasteiger partial charge on any atom is 0.245 e. The Kier molecular flexibility index (Phi) is 5.29. The van der Waals surface area contributed by atoms with E-state index in [0.717, 1.165) is 12.0 Å². The van der Waals surface area contributed by atoms with Gasteiger partial charge in [-0.1, -0.05) is 6.92 Å². The number of hydrogen-bond donors (Lipinski definition) is 3. The summed E-state index contributed by atoms with van der Waals surface area (Å²) in [5.74, 6) is 6.66. The lowest BCUT2D eigenvalue weighted by molar-refractivity contribution is -0.124. The van der Waals surface area contributed by atoms with Gasteiger partial charge in [0.15, 0.2) is 0 Å². The minimum Gasteiger partial charge on any atom is -0.377 e. The molecule has 2 heterocycles. The Morgan fingerprint density at radius 1 is 1.57 bits per heavy atom. The number of nitrogens with zero attached hydrogens (tertiary/aromatic N) is 3. The predicted octanol–water partition coefficient (Wildman–Crippen LogP) is -0.198. The number of carbonyl (C=O) groups excluding carboxylic acids is 1. The molecule has 1 aromatic heterocycles. The van der Waals surface area contributed by atoms with Crippen LogP contribution in [0.3, 0.4) is 0 Å². The first-order valence-corrected chi connectivity index (χ1v) is 7.09. The van der Waals surface area contributed by atoms with Crippen LogP contribution >= 0.6 is 0 Å². The summed E-state index contributed by atoms with van der Waals surface area (Å²) in [6, 6.07) is -0.385. The Morgan fingerprint density at radius 3 is 3.10 bits per heavy atom. The second-order valence-electron chi connectivity index (χ2n) is 4.89. The van der Waals surface area contributed by atoms with Crippen LogP contribution in [0.1, 0.15) is 18.9 Å².